The second-order valence-corrected chi connectivity index (χ2v) is 2.85. The van der Waals surface area contributed by atoms with E-state index in [0.717, 1.165) is 0 Å². The third kappa shape index (κ3) is 7.75. The van der Waals surface area contributed by atoms with Crippen molar-refractivity contribution in [3.63, 3.8) is 0 Å². The van der Waals surface area contributed by atoms with E-state index in [1.54, 1.807) is 12.5 Å². The van der Waals surface area contributed by atoms with Crippen molar-refractivity contribution in [3.8, 4) is 0 Å². The Balaban J connectivity index is 0.000000292. The van der Waals surface area contributed by atoms with Crippen molar-refractivity contribution >= 4 is 13.6 Å². The number of rotatable bonds is 2. The normalized spacial score (nSPS) is 24.7. The Labute approximate surface area is 79.1 Å². The zero-order valence-electron chi connectivity index (χ0n) is 7.58. The second kappa shape index (κ2) is 5.11. The molecule has 0 aliphatic carbocycles. The molecule has 1 N–H and O–H groups in total. The number of quaternary nitrogens is 1. The molecule has 0 saturated carbocycles. The molecule has 1 unspecified atom stereocenters. The minimum atomic E-state index is -6.00. The molecule has 0 fully saturated rings. The Kier molecular flexibility index (Phi) is 4.79. The highest BCUT2D eigenvalue weighted by molar-refractivity contribution is 6.50. The molecule has 0 bridgehead atoms. The molecule has 1 rings (SSSR count). The molecule has 1 heterocycles. The summed E-state index contributed by atoms with van der Waals surface area (Å²) in [4.78, 5) is 3.91. The predicted molar refractivity (Wildman–Crippen MR) is 46.0 cm³/mol. The zero-order valence-corrected chi connectivity index (χ0v) is 7.58. The number of aliphatic imine (C=N–C) groups is 1. The maximum atomic E-state index is 9.75. The van der Waals surface area contributed by atoms with Gasteiger partial charge in [-0.25, -0.2) is 4.99 Å². The highest BCUT2D eigenvalue weighted by atomic mass is 19.5. The molecular weight excluding hydrogens is 203 g/mol. The number of aliphatic hydroxyl groups excluding tert-OH is 1. The van der Waals surface area contributed by atoms with Gasteiger partial charge >= 0.3 is 7.25 Å². The van der Waals surface area contributed by atoms with Crippen molar-refractivity contribution in [1.82, 2.24) is 0 Å². The average molecular weight is 214 g/mol. The Morgan fingerprint density at radius 2 is 1.86 bits per heavy atom. The fourth-order valence-electron chi connectivity index (χ4n) is 0.768. The maximum absolute atomic E-state index is 9.75. The number of halogens is 4. The summed E-state index contributed by atoms with van der Waals surface area (Å²) in [6.45, 7) is 0.910. The number of hydrogen-bond acceptors (Lipinski definition) is 2. The number of hydrogen-bond donors (Lipinski definition) is 1. The van der Waals surface area contributed by atoms with E-state index in [4.69, 9.17) is 5.11 Å². The summed E-state index contributed by atoms with van der Waals surface area (Å²) in [5, 5.41) is 8.58. The van der Waals surface area contributed by atoms with Crippen molar-refractivity contribution in [2.75, 3.05) is 20.2 Å². The highest BCUT2D eigenvalue weighted by Crippen LogP contribution is 2.06. The minimum Gasteiger partial charge on any atom is -0.418 e. The molecule has 8 heteroatoms. The van der Waals surface area contributed by atoms with Crippen molar-refractivity contribution in [1.29, 1.82) is 0 Å². The molecule has 0 aromatic rings. The fourth-order valence-corrected chi connectivity index (χ4v) is 0.768. The molecule has 1 aliphatic rings. The molecule has 0 radical (unpaired) electrons. The van der Waals surface area contributed by atoms with Crippen molar-refractivity contribution in [2.24, 2.45) is 4.99 Å². The molecule has 0 aromatic heterocycles. The van der Waals surface area contributed by atoms with Gasteiger partial charge in [0.05, 0.1) is 19.9 Å². The standard InChI is InChI=1S/C6H11N2O.BF4/c1-8(4-5-9)3-2-7-6-8;2-1(3,4)5/h2-3,6,9H,4-5H2,1H3;/q+1;-1. The van der Waals surface area contributed by atoms with E-state index in [1.165, 1.54) is 0 Å². The molecule has 14 heavy (non-hydrogen) atoms. The van der Waals surface area contributed by atoms with Crippen molar-refractivity contribution in [3.05, 3.63) is 12.4 Å². The van der Waals surface area contributed by atoms with Crippen LogP contribution in [0.4, 0.5) is 17.3 Å². The number of aliphatic hydroxyl groups is 1. The van der Waals surface area contributed by atoms with Crippen LogP contribution in [0.1, 0.15) is 0 Å². The van der Waals surface area contributed by atoms with Crippen molar-refractivity contribution < 1.29 is 26.9 Å². The fraction of sp³-hybridized carbons (Fsp3) is 0.500. The molecule has 1 atom stereocenters. The van der Waals surface area contributed by atoms with Gasteiger partial charge in [0.15, 0.2) is 6.34 Å². The van der Waals surface area contributed by atoms with Gasteiger partial charge in [-0.2, -0.15) is 0 Å². The monoisotopic (exact) mass is 214 g/mol. The molecule has 0 aromatic carbocycles. The van der Waals surface area contributed by atoms with Crippen LogP contribution in [0.3, 0.4) is 0 Å². The Hall–Kier alpha value is -0.885. The summed E-state index contributed by atoms with van der Waals surface area (Å²) in [5.41, 5.74) is 0. The van der Waals surface area contributed by atoms with Crippen LogP contribution in [0.25, 0.3) is 0 Å². The van der Waals surface area contributed by atoms with Gasteiger partial charge in [0.25, 0.3) is 0 Å². The second-order valence-electron chi connectivity index (χ2n) is 2.85. The summed E-state index contributed by atoms with van der Waals surface area (Å²) in [5.74, 6) is 0. The largest absolute Gasteiger partial charge is 0.673 e. The summed E-state index contributed by atoms with van der Waals surface area (Å²) in [7, 11) is -4.01. The maximum Gasteiger partial charge on any atom is 0.673 e. The summed E-state index contributed by atoms with van der Waals surface area (Å²) >= 11 is 0. The lowest BCUT2D eigenvalue weighted by molar-refractivity contribution is -0.757. The van der Waals surface area contributed by atoms with E-state index >= 15 is 0 Å². The lowest BCUT2D eigenvalue weighted by atomic mass is 10.3. The van der Waals surface area contributed by atoms with Crippen LogP contribution in [0.5, 0.6) is 0 Å². The van der Waals surface area contributed by atoms with E-state index in [9.17, 15) is 17.3 Å². The lowest BCUT2D eigenvalue weighted by Gasteiger charge is -2.19. The molecule has 0 saturated heterocycles. The van der Waals surface area contributed by atoms with Crippen molar-refractivity contribution in [2.45, 2.75) is 0 Å². The summed E-state index contributed by atoms with van der Waals surface area (Å²) in [6.07, 6.45) is 5.49. The van der Waals surface area contributed by atoms with Gasteiger partial charge in [-0.15, -0.1) is 0 Å². The van der Waals surface area contributed by atoms with Crippen LogP contribution < -0.4 is 0 Å². The van der Waals surface area contributed by atoms with Crippen LogP contribution in [0.2, 0.25) is 0 Å². The molecule has 0 amide bonds. The Morgan fingerprint density at radius 1 is 1.36 bits per heavy atom. The van der Waals surface area contributed by atoms with E-state index in [2.05, 4.69) is 4.99 Å². The molecule has 3 nitrogen and oxygen atoms in total. The first-order valence-electron chi connectivity index (χ1n) is 3.82. The number of nitrogens with zero attached hydrogens (tertiary/aromatic N) is 2. The zero-order chi connectivity index (χ0) is 11.2. The molecular formula is C6H11BF4N2O. The lowest BCUT2D eigenvalue weighted by Crippen LogP contribution is -2.37. The van der Waals surface area contributed by atoms with Gasteiger partial charge in [-0.3, -0.25) is 4.48 Å². The van der Waals surface area contributed by atoms with Gasteiger partial charge < -0.3 is 22.4 Å². The van der Waals surface area contributed by atoms with Crippen LogP contribution in [0.15, 0.2) is 17.4 Å². The van der Waals surface area contributed by atoms with Gasteiger partial charge in [0.1, 0.15) is 12.7 Å². The van der Waals surface area contributed by atoms with E-state index in [0.29, 0.717) is 11.0 Å². The predicted octanol–water partition coefficient (Wildman–Crippen LogP) is 1.24. The minimum absolute atomic E-state index is 0.201. The summed E-state index contributed by atoms with van der Waals surface area (Å²) < 4.78 is 39.6. The quantitative estimate of drug-likeness (QED) is 0.418. The summed E-state index contributed by atoms with van der Waals surface area (Å²) in [6, 6.07) is 0. The first-order valence-corrected chi connectivity index (χ1v) is 3.82. The first-order chi connectivity index (χ1) is 6.27. The third-order valence-electron chi connectivity index (χ3n) is 1.41. The smallest absolute Gasteiger partial charge is 0.418 e. The van der Waals surface area contributed by atoms with Gasteiger partial charge in [0, 0.05) is 0 Å². The van der Waals surface area contributed by atoms with Crippen LogP contribution in [-0.2, 0) is 0 Å². The van der Waals surface area contributed by atoms with Crippen LogP contribution >= 0.6 is 0 Å². The van der Waals surface area contributed by atoms with E-state index < -0.39 is 7.25 Å². The van der Waals surface area contributed by atoms with Gasteiger partial charge in [-0.05, 0) is 0 Å². The highest BCUT2D eigenvalue weighted by Gasteiger charge is 2.20. The topological polar surface area (TPSA) is 32.6 Å². The Morgan fingerprint density at radius 3 is 2.14 bits per heavy atom. The molecule has 1 aliphatic heterocycles. The first kappa shape index (κ1) is 13.1. The molecule has 0 spiro atoms. The number of likely N-dealkylation sites (N-methyl/N-ethyl adjacent to an activating group) is 1. The van der Waals surface area contributed by atoms with Gasteiger partial charge in [0.2, 0.25) is 0 Å². The van der Waals surface area contributed by atoms with Gasteiger partial charge in [-0.1, -0.05) is 0 Å². The van der Waals surface area contributed by atoms with E-state index in [1.807, 2.05) is 13.2 Å². The average Bonchev–Trinajstić information content (AvgIpc) is 2.33. The third-order valence-corrected chi connectivity index (χ3v) is 1.41. The molecule has 82 valence electrons. The van der Waals surface area contributed by atoms with E-state index in [-0.39, 0.29) is 6.61 Å². The SMILES string of the molecule is C[N+]1(CCO)C=CN=C1.F[B-](F)(F)F. The Bertz CT molecular complexity index is 210. The van der Waals surface area contributed by atoms with Crippen LogP contribution in [0, 0.1) is 0 Å². The van der Waals surface area contributed by atoms with Crippen LogP contribution in [-0.4, -0.2) is 43.4 Å².